The molecule has 0 fully saturated rings. The molecule has 1 N–H and O–H groups in total. The van der Waals surface area contributed by atoms with Crippen LogP contribution in [-0.2, 0) is 16.6 Å². The number of halogens is 1. The first kappa shape index (κ1) is 23.9. The lowest BCUT2D eigenvalue weighted by Crippen LogP contribution is -2.22. The zero-order valence-electron chi connectivity index (χ0n) is 18.9. The lowest BCUT2D eigenvalue weighted by molar-refractivity contribution is -0.118. The van der Waals surface area contributed by atoms with Gasteiger partial charge in [-0.15, -0.1) is 0 Å². The Bertz CT molecular complexity index is 1030. The van der Waals surface area contributed by atoms with Crippen LogP contribution < -0.4 is 14.8 Å². The Kier molecular flexibility index (Phi) is 8.34. The molecule has 0 bridgehead atoms. The van der Waals surface area contributed by atoms with Gasteiger partial charge in [0.2, 0.25) is 0 Å². The lowest BCUT2D eigenvalue weighted by Gasteiger charge is -2.23. The number of carbonyl (C=O) groups excluding carboxylic acids is 1. The molecule has 0 spiro atoms. The largest absolute Gasteiger partial charge is 0.491 e. The first-order chi connectivity index (χ1) is 15.3. The molecular weight excluding hydrogens is 466 g/mol. The van der Waals surface area contributed by atoms with Crippen LogP contribution in [0, 0.1) is 0 Å². The number of aryl methyl sites for hydroxylation is 1. The molecule has 4 nitrogen and oxygen atoms in total. The molecule has 0 unspecified atom stereocenters. The summed E-state index contributed by atoms with van der Waals surface area (Å²) >= 11 is 3.51. The first-order valence-corrected chi connectivity index (χ1v) is 11.6. The van der Waals surface area contributed by atoms with Crippen LogP contribution in [0.15, 0.2) is 77.3 Å². The van der Waals surface area contributed by atoms with E-state index in [-0.39, 0.29) is 17.9 Å². The second-order valence-corrected chi connectivity index (χ2v) is 9.58. The fourth-order valence-electron chi connectivity index (χ4n) is 3.34. The zero-order valence-corrected chi connectivity index (χ0v) is 20.4. The van der Waals surface area contributed by atoms with Crippen LogP contribution in [0.2, 0.25) is 0 Å². The van der Waals surface area contributed by atoms with Gasteiger partial charge < -0.3 is 14.8 Å². The van der Waals surface area contributed by atoms with Gasteiger partial charge in [0.1, 0.15) is 11.5 Å². The van der Waals surface area contributed by atoms with Crippen molar-refractivity contribution in [2.24, 2.45) is 0 Å². The van der Waals surface area contributed by atoms with Crippen LogP contribution in [0.3, 0.4) is 0 Å². The molecule has 0 aliphatic rings. The highest BCUT2D eigenvalue weighted by molar-refractivity contribution is 9.10. The Morgan fingerprint density at radius 2 is 1.62 bits per heavy atom. The summed E-state index contributed by atoms with van der Waals surface area (Å²) < 4.78 is 12.8. The van der Waals surface area contributed by atoms with Gasteiger partial charge in [0.05, 0.1) is 12.3 Å². The van der Waals surface area contributed by atoms with Gasteiger partial charge in [-0.3, -0.25) is 4.79 Å². The number of para-hydroxylation sites is 2. The Hall–Kier alpha value is -2.79. The molecule has 0 heterocycles. The van der Waals surface area contributed by atoms with E-state index in [1.165, 1.54) is 5.56 Å². The molecule has 32 heavy (non-hydrogen) atoms. The average molecular weight is 496 g/mol. The standard InChI is InChI=1S/C27H30BrNO3/c1-27(2,3)22-18-21(28)15-16-24(22)32-19-26(30)29-23-13-7-8-14-25(23)31-17-9-12-20-10-5-4-6-11-20/h4-8,10-11,13-16,18H,9,12,17,19H2,1-3H3,(H,29,30). The van der Waals surface area contributed by atoms with Crippen LogP contribution in [0.4, 0.5) is 5.69 Å². The topological polar surface area (TPSA) is 47.6 Å². The fourth-order valence-corrected chi connectivity index (χ4v) is 3.70. The number of nitrogens with one attached hydrogen (secondary N) is 1. The van der Waals surface area contributed by atoms with Crippen LogP contribution in [-0.4, -0.2) is 19.1 Å². The highest BCUT2D eigenvalue weighted by atomic mass is 79.9. The number of amides is 1. The van der Waals surface area contributed by atoms with Crippen LogP contribution in [0.25, 0.3) is 0 Å². The third-order valence-corrected chi connectivity index (χ3v) is 5.47. The van der Waals surface area contributed by atoms with Gasteiger partial charge in [-0.2, -0.15) is 0 Å². The van der Waals surface area contributed by atoms with E-state index in [0.717, 1.165) is 22.9 Å². The molecule has 0 aliphatic heterocycles. The summed E-state index contributed by atoms with van der Waals surface area (Å²) in [5.74, 6) is 1.14. The van der Waals surface area contributed by atoms with Crippen molar-refractivity contribution in [3.8, 4) is 11.5 Å². The predicted octanol–water partition coefficient (Wildman–Crippen LogP) is 6.78. The second kappa shape index (κ2) is 11.2. The number of benzene rings is 3. The highest BCUT2D eigenvalue weighted by Crippen LogP contribution is 2.33. The Morgan fingerprint density at radius 1 is 0.906 bits per heavy atom. The molecule has 5 heteroatoms. The normalized spacial score (nSPS) is 11.1. The van der Waals surface area contributed by atoms with Crippen molar-refractivity contribution in [3.63, 3.8) is 0 Å². The third-order valence-electron chi connectivity index (χ3n) is 4.98. The van der Waals surface area contributed by atoms with Crippen molar-refractivity contribution in [2.75, 3.05) is 18.5 Å². The van der Waals surface area contributed by atoms with Gasteiger partial charge in [-0.1, -0.05) is 79.2 Å². The van der Waals surface area contributed by atoms with Crippen molar-refractivity contribution >= 4 is 27.5 Å². The fraction of sp³-hybridized carbons (Fsp3) is 0.296. The Morgan fingerprint density at radius 3 is 2.38 bits per heavy atom. The van der Waals surface area contributed by atoms with E-state index in [4.69, 9.17) is 9.47 Å². The summed E-state index contributed by atoms with van der Waals surface area (Å²) in [5, 5.41) is 2.91. The quantitative estimate of drug-likeness (QED) is 0.333. The molecule has 1 amide bonds. The van der Waals surface area contributed by atoms with Gasteiger partial charge in [0.25, 0.3) is 5.91 Å². The molecular formula is C27H30BrNO3. The summed E-state index contributed by atoms with van der Waals surface area (Å²) in [5.41, 5.74) is 2.88. The number of hydrogen-bond donors (Lipinski definition) is 1. The van der Waals surface area contributed by atoms with Gasteiger partial charge in [0, 0.05) is 10.0 Å². The molecule has 168 valence electrons. The number of hydrogen-bond acceptors (Lipinski definition) is 3. The van der Waals surface area contributed by atoms with E-state index in [2.05, 4.69) is 54.2 Å². The van der Waals surface area contributed by atoms with Crippen molar-refractivity contribution in [2.45, 2.75) is 39.0 Å². The van der Waals surface area contributed by atoms with E-state index in [1.807, 2.05) is 60.7 Å². The van der Waals surface area contributed by atoms with Crippen molar-refractivity contribution in [1.29, 1.82) is 0 Å². The van der Waals surface area contributed by atoms with Crippen molar-refractivity contribution < 1.29 is 14.3 Å². The number of ether oxygens (including phenoxy) is 2. The summed E-state index contributed by atoms with van der Waals surface area (Å²) in [6.45, 7) is 6.85. The Balaban J connectivity index is 1.55. The molecule has 0 radical (unpaired) electrons. The maximum atomic E-state index is 12.6. The van der Waals surface area contributed by atoms with Crippen LogP contribution in [0.1, 0.15) is 38.3 Å². The molecule has 0 saturated carbocycles. The van der Waals surface area contributed by atoms with Crippen molar-refractivity contribution in [1.82, 2.24) is 0 Å². The molecule has 3 rings (SSSR count). The number of carbonyl (C=O) groups is 1. The van der Waals surface area contributed by atoms with Gasteiger partial charge in [-0.25, -0.2) is 0 Å². The van der Waals surface area contributed by atoms with Gasteiger partial charge in [-0.05, 0) is 54.2 Å². The average Bonchev–Trinajstić information content (AvgIpc) is 2.77. The SMILES string of the molecule is CC(C)(C)c1cc(Br)ccc1OCC(=O)Nc1ccccc1OCCCc1ccccc1. The van der Waals surface area contributed by atoms with E-state index in [0.29, 0.717) is 23.8 Å². The molecule has 0 atom stereocenters. The van der Waals surface area contributed by atoms with Gasteiger partial charge >= 0.3 is 0 Å². The number of rotatable bonds is 9. The van der Waals surface area contributed by atoms with E-state index >= 15 is 0 Å². The highest BCUT2D eigenvalue weighted by Gasteiger charge is 2.20. The summed E-state index contributed by atoms with van der Waals surface area (Å²) in [7, 11) is 0. The minimum Gasteiger partial charge on any atom is -0.491 e. The van der Waals surface area contributed by atoms with E-state index in [1.54, 1.807) is 0 Å². The lowest BCUT2D eigenvalue weighted by atomic mass is 9.86. The first-order valence-electron chi connectivity index (χ1n) is 10.8. The summed E-state index contributed by atoms with van der Waals surface area (Å²) in [4.78, 5) is 12.6. The van der Waals surface area contributed by atoms with E-state index in [9.17, 15) is 4.79 Å². The maximum Gasteiger partial charge on any atom is 0.262 e. The second-order valence-electron chi connectivity index (χ2n) is 8.66. The molecule has 0 aromatic heterocycles. The minimum atomic E-state index is -0.229. The molecule has 0 saturated heterocycles. The molecule has 3 aromatic carbocycles. The third kappa shape index (κ3) is 7.13. The van der Waals surface area contributed by atoms with Crippen LogP contribution in [0.5, 0.6) is 11.5 Å². The predicted molar refractivity (Wildman–Crippen MR) is 134 cm³/mol. The zero-order chi connectivity index (χ0) is 23.0. The molecule has 3 aromatic rings. The minimum absolute atomic E-state index is 0.0763. The number of anilines is 1. The van der Waals surface area contributed by atoms with E-state index < -0.39 is 0 Å². The maximum absolute atomic E-state index is 12.6. The van der Waals surface area contributed by atoms with Gasteiger partial charge in [0.15, 0.2) is 6.61 Å². The monoisotopic (exact) mass is 495 g/mol. The Labute approximate surface area is 199 Å². The van der Waals surface area contributed by atoms with Crippen molar-refractivity contribution in [3.05, 3.63) is 88.4 Å². The smallest absolute Gasteiger partial charge is 0.262 e. The molecule has 0 aliphatic carbocycles. The summed E-state index contributed by atoms with van der Waals surface area (Å²) in [6.07, 6.45) is 1.85. The summed E-state index contributed by atoms with van der Waals surface area (Å²) in [6, 6.07) is 23.7. The van der Waals surface area contributed by atoms with Crippen LogP contribution >= 0.6 is 15.9 Å².